The average molecular weight is 459 g/mol. The van der Waals surface area contributed by atoms with Crippen LogP contribution in [-0.2, 0) is 4.79 Å². The lowest BCUT2D eigenvalue weighted by atomic mass is 10.0. The van der Waals surface area contributed by atoms with Crippen LogP contribution in [0.1, 0.15) is 33.4 Å². The number of ether oxygens (including phenoxy) is 1. The van der Waals surface area contributed by atoms with Gasteiger partial charge < -0.3 is 9.64 Å². The van der Waals surface area contributed by atoms with Crippen LogP contribution < -0.4 is 10.1 Å². The summed E-state index contributed by atoms with van der Waals surface area (Å²) >= 11 is 7.28. The van der Waals surface area contributed by atoms with Crippen molar-refractivity contribution in [1.29, 1.82) is 0 Å². The smallest absolute Gasteiger partial charge is 0.259 e. The highest BCUT2D eigenvalue weighted by atomic mass is 35.5. The quantitative estimate of drug-likeness (QED) is 0.584. The van der Waals surface area contributed by atoms with Gasteiger partial charge in [-0.05, 0) is 25.5 Å². The predicted octanol–water partition coefficient (Wildman–Crippen LogP) is 3.16. The molecule has 1 aliphatic rings. The molecular weight excluding hydrogens is 440 g/mol. The van der Waals surface area contributed by atoms with E-state index in [1.54, 1.807) is 24.1 Å². The van der Waals surface area contributed by atoms with E-state index in [0.717, 1.165) is 5.69 Å². The van der Waals surface area contributed by atoms with Gasteiger partial charge in [-0.2, -0.15) is 0 Å². The summed E-state index contributed by atoms with van der Waals surface area (Å²) < 4.78 is 5.40. The number of hydrogen-bond acceptors (Lipinski definition) is 8. The zero-order valence-electron chi connectivity index (χ0n) is 17.0. The van der Waals surface area contributed by atoms with Gasteiger partial charge in [0.2, 0.25) is 11.0 Å². The number of anilines is 1. The van der Waals surface area contributed by atoms with Crippen molar-refractivity contribution in [1.82, 2.24) is 25.1 Å². The highest BCUT2D eigenvalue weighted by molar-refractivity contribution is 7.15. The molecule has 0 radical (unpaired) electrons. The minimum absolute atomic E-state index is 0.0145. The standard InChI is InChI=1S/C20H19ClN6O3S/c1-10-6-12(13-7-16(21)23-9-15(13)30-3)14(8-22-10)17(28)24-20-26-25-18(31-20)11-4-5-27(2)19(11)29/h6-9,11H,4-5H2,1-3H3,(H,24,26,28). The summed E-state index contributed by atoms with van der Waals surface area (Å²) in [5.74, 6) is -0.227. The van der Waals surface area contributed by atoms with Crippen LogP contribution in [-0.4, -0.2) is 57.6 Å². The third-order valence-electron chi connectivity index (χ3n) is 5.02. The molecule has 3 aromatic heterocycles. The maximum atomic E-state index is 13.1. The molecule has 1 N–H and O–H groups in total. The van der Waals surface area contributed by atoms with E-state index in [4.69, 9.17) is 16.3 Å². The topological polar surface area (TPSA) is 110 Å². The molecule has 1 unspecified atom stereocenters. The Labute approximate surface area is 187 Å². The van der Waals surface area contributed by atoms with Gasteiger partial charge >= 0.3 is 0 Å². The van der Waals surface area contributed by atoms with Crippen LogP contribution in [0.25, 0.3) is 11.1 Å². The van der Waals surface area contributed by atoms with Crippen molar-refractivity contribution in [3.63, 3.8) is 0 Å². The number of carbonyl (C=O) groups excluding carboxylic acids is 2. The summed E-state index contributed by atoms with van der Waals surface area (Å²) in [6.07, 6.45) is 3.68. The van der Waals surface area contributed by atoms with Crippen molar-refractivity contribution in [2.24, 2.45) is 0 Å². The van der Waals surface area contributed by atoms with Crippen molar-refractivity contribution < 1.29 is 14.3 Å². The van der Waals surface area contributed by atoms with Gasteiger partial charge in [0.05, 0.1) is 24.8 Å². The number of nitrogens with zero attached hydrogens (tertiary/aromatic N) is 5. The van der Waals surface area contributed by atoms with Crippen LogP contribution in [0.3, 0.4) is 0 Å². The molecular formula is C20H19ClN6O3S. The van der Waals surface area contributed by atoms with Crippen LogP contribution in [0, 0.1) is 6.92 Å². The molecule has 31 heavy (non-hydrogen) atoms. The number of nitrogens with one attached hydrogen (secondary N) is 1. The van der Waals surface area contributed by atoms with Gasteiger partial charge in [-0.3, -0.25) is 19.9 Å². The molecule has 0 aliphatic carbocycles. The molecule has 3 aromatic rings. The maximum absolute atomic E-state index is 13.1. The summed E-state index contributed by atoms with van der Waals surface area (Å²) in [6, 6.07) is 3.42. The zero-order valence-corrected chi connectivity index (χ0v) is 18.6. The number of likely N-dealkylation sites (tertiary alicyclic amines) is 1. The number of halogens is 1. The van der Waals surface area contributed by atoms with E-state index in [0.29, 0.717) is 45.5 Å². The fourth-order valence-corrected chi connectivity index (χ4v) is 4.42. The number of amides is 2. The highest BCUT2D eigenvalue weighted by Gasteiger charge is 2.33. The van der Waals surface area contributed by atoms with Crippen LogP contribution in [0.15, 0.2) is 24.5 Å². The first kappa shape index (κ1) is 21.1. The molecule has 1 aliphatic heterocycles. The van der Waals surface area contributed by atoms with E-state index in [1.165, 1.54) is 30.8 Å². The molecule has 4 heterocycles. The first-order valence-electron chi connectivity index (χ1n) is 9.43. The van der Waals surface area contributed by atoms with Gasteiger partial charge in [-0.25, -0.2) is 4.98 Å². The van der Waals surface area contributed by atoms with E-state index in [2.05, 4.69) is 25.5 Å². The van der Waals surface area contributed by atoms with Gasteiger partial charge in [0.15, 0.2) is 0 Å². The number of carbonyl (C=O) groups is 2. The van der Waals surface area contributed by atoms with Crippen LogP contribution >= 0.6 is 22.9 Å². The molecule has 0 saturated carbocycles. The van der Waals surface area contributed by atoms with Crippen LogP contribution in [0.4, 0.5) is 5.13 Å². The fourth-order valence-electron chi connectivity index (χ4n) is 3.40. The van der Waals surface area contributed by atoms with Crippen molar-refractivity contribution in [3.05, 3.63) is 45.9 Å². The van der Waals surface area contributed by atoms with Crippen molar-refractivity contribution in [3.8, 4) is 16.9 Å². The molecule has 160 valence electrons. The fraction of sp³-hybridized carbons (Fsp3) is 0.300. The molecule has 0 spiro atoms. The van der Waals surface area contributed by atoms with Gasteiger partial charge in [-0.15, -0.1) is 10.2 Å². The first-order valence-corrected chi connectivity index (χ1v) is 10.6. The average Bonchev–Trinajstić information content (AvgIpc) is 3.34. The first-order chi connectivity index (χ1) is 14.9. The Morgan fingerprint density at radius 2 is 2.06 bits per heavy atom. The molecule has 0 aromatic carbocycles. The van der Waals surface area contributed by atoms with E-state index in [1.807, 2.05) is 6.92 Å². The van der Waals surface area contributed by atoms with Crippen LogP contribution in [0.5, 0.6) is 5.75 Å². The van der Waals surface area contributed by atoms with Crippen molar-refractivity contribution >= 4 is 39.9 Å². The minimum atomic E-state index is -0.407. The Morgan fingerprint density at radius 3 is 2.77 bits per heavy atom. The number of aromatic nitrogens is 4. The normalized spacial score (nSPS) is 15.9. The largest absolute Gasteiger partial charge is 0.494 e. The van der Waals surface area contributed by atoms with Crippen LogP contribution in [0.2, 0.25) is 5.15 Å². The summed E-state index contributed by atoms with van der Waals surface area (Å²) in [4.78, 5) is 35.3. The third kappa shape index (κ3) is 4.21. The second kappa shape index (κ2) is 8.56. The van der Waals surface area contributed by atoms with Crippen molar-refractivity contribution in [2.75, 3.05) is 26.0 Å². The molecule has 9 nitrogen and oxygen atoms in total. The Morgan fingerprint density at radius 1 is 1.26 bits per heavy atom. The SMILES string of the molecule is COc1cnc(Cl)cc1-c1cc(C)ncc1C(=O)Nc1nnc(C2CCN(C)C2=O)s1. The third-order valence-corrected chi connectivity index (χ3v) is 6.18. The lowest BCUT2D eigenvalue weighted by Crippen LogP contribution is -2.21. The zero-order chi connectivity index (χ0) is 22.1. The summed E-state index contributed by atoms with van der Waals surface area (Å²) in [5, 5.41) is 12.1. The Hall–Kier alpha value is -3.11. The second-order valence-corrected chi connectivity index (χ2v) is 8.48. The van der Waals surface area contributed by atoms with E-state index >= 15 is 0 Å². The maximum Gasteiger partial charge on any atom is 0.259 e. The highest BCUT2D eigenvalue weighted by Crippen LogP contribution is 2.35. The Bertz CT molecular complexity index is 1170. The minimum Gasteiger partial charge on any atom is -0.494 e. The molecule has 0 bridgehead atoms. The number of methoxy groups -OCH3 is 1. The molecule has 1 fully saturated rings. The molecule has 4 rings (SSSR count). The summed E-state index contributed by atoms with van der Waals surface area (Å²) in [7, 11) is 3.28. The second-order valence-electron chi connectivity index (χ2n) is 7.08. The van der Waals surface area contributed by atoms with Gasteiger partial charge in [-0.1, -0.05) is 22.9 Å². The molecule has 11 heteroatoms. The molecule has 2 amide bonds. The van der Waals surface area contributed by atoms with E-state index in [-0.39, 0.29) is 17.0 Å². The summed E-state index contributed by atoms with van der Waals surface area (Å²) in [6.45, 7) is 2.51. The van der Waals surface area contributed by atoms with E-state index < -0.39 is 5.91 Å². The number of rotatable bonds is 5. The number of hydrogen-bond donors (Lipinski definition) is 1. The van der Waals surface area contributed by atoms with Gasteiger partial charge in [0.1, 0.15) is 15.9 Å². The van der Waals surface area contributed by atoms with Crippen molar-refractivity contribution in [2.45, 2.75) is 19.3 Å². The number of pyridine rings is 2. The Balaban J connectivity index is 1.64. The summed E-state index contributed by atoms with van der Waals surface area (Å²) in [5.41, 5.74) is 2.27. The molecule has 1 saturated heterocycles. The lowest BCUT2D eigenvalue weighted by molar-refractivity contribution is -0.127. The number of aryl methyl sites for hydroxylation is 1. The molecule has 1 atom stereocenters. The van der Waals surface area contributed by atoms with E-state index in [9.17, 15) is 9.59 Å². The predicted molar refractivity (Wildman–Crippen MR) is 117 cm³/mol. The number of likely N-dealkylation sites (N-methyl/N-ethyl adjacent to an activating group) is 1. The lowest BCUT2D eigenvalue weighted by Gasteiger charge is -2.13. The van der Waals surface area contributed by atoms with Gasteiger partial charge in [0.25, 0.3) is 5.91 Å². The monoisotopic (exact) mass is 458 g/mol. The Kier molecular flexibility index (Phi) is 5.84. The van der Waals surface area contributed by atoms with Gasteiger partial charge in [0, 0.05) is 36.6 Å².